The summed E-state index contributed by atoms with van der Waals surface area (Å²) in [5.41, 5.74) is 1.86. The summed E-state index contributed by atoms with van der Waals surface area (Å²) >= 11 is 5.67. The van der Waals surface area contributed by atoms with E-state index in [0.29, 0.717) is 5.92 Å². The maximum atomic E-state index is 13.4. The van der Waals surface area contributed by atoms with Gasteiger partial charge in [-0.15, -0.1) is 0 Å². The summed E-state index contributed by atoms with van der Waals surface area (Å²) in [6, 6.07) is 4.79. The van der Waals surface area contributed by atoms with Crippen molar-refractivity contribution in [1.29, 1.82) is 0 Å². The third-order valence-corrected chi connectivity index (χ3v) is 3.35. The molecule has 0 radical (unpaired) electrons. The Bertz CT molecular complexity index is 548. The highest BCUT2D eigenvalue weighted by Crippen LogP contribution is 2.24. The lowest BCUT2D eigenvalue weighted by Crippen LogP contribution is -2.40. The van der Waals surface area contributed by atoms with Gasteiger partial charge in [-0.25, -0.2) is 9.37 Å². The molecule has 3 rings (SSSR count). The minimum atomic E-state index is -0.407. The molecule has 1 aromatic heterocycles. The Hall–Kier alpha value is -1.39. The Balaban J connectivity index is 2.02. The van der Waals surface area contributed by atoms with Crippen molar-refractivity contribution in [2.24, 2.45) is 0 Å². The van der Waals surface area contributed by atoms with Gasteiger partial charge >= 0.3 is 0 Å². The molecule has 5 heteroatoms. The van der Waals surface area contributed by atoms with Gasteiger partial charge in [0.15, 0.2) is 0 Å². The lowest BCUT2D eigenvalue weighted by atomic mass is 10.00. The Morgan fingerprint density at radius 1 is 1.41 bits per heavy atom. The predicted molar refractivity (Wildman–Crippen MR) is 64.1 cm³/mol. The third-order valence-electron chi connectivity index (χ3n) is 3.05. The minimum absolute atomic E-state index is 0.140. The molecule has 17 heavy (non-hydrogen) atoms. The maximum absolute atomic E-state index is 13.4. The van der Waals surface area contributed by atoms with E-state index in [0.717, 1.165) is 24.5 Å². The largest absolute Gasteiger partial charge is 0.315 e. The average Bonchev–Trinajstić information content (AvgIpc) is 2.68. The number of nitrogens with one attached hydrogen (secondary N) is 1. The summed E-state index contributed by atoms with van der Waals surface area (Å²) in [4.78, 5) is 4.13. The van der Waals surface area contributed by atoms with Crippen molar-refractivity contribution >= 4 is 11.6 Å². The Labute approximate surface area is 103 Å². The molecule has 0 aliphatic carbocycles. The number of benzene rings is 1. The molecule has 1 saturated heterocycles. The molecule has 3 nitrogen and oxygen atoms in total. The van der Waals surface area contributed by atoms with Gasteiger partial charge in [-0.05, 0) is 18.2 Å². The van der Waals surface area contributed by atoms with Crippen LogP contribution in [-0.2, 0) is 0 Å². The van der Waals surface area contributed by atoms with Crippen molar-refractivity contribution in [3.63, 3.8) is 0 Å². The molecule has 0 saturated carbocycles. The van der Waals surface area contributed by atoms with Gasteiger partial charge in [-0.3, -0.25) is 0 Å². The number of imidazole rings is 1. The van der Waals surface area contributed by atoms with Gasteiger partial charge in [0.2, 0.25) is 0 Å². The van der Waals surface area contributed by atoms with E-state index in [2.05, 4.69) is 10.3 Å². The van der Waals surface area contributed by atoms with Crippen LogP contribution in [0.5, 0.6) is 0 Å². The van der Waals surface area contributed by atoms with E-state index >= 15 is 0 Å². The van der Waals surface area contributed by atoms with Crippen LogP contribution in [0.1, 0.15) is 11.6 Å². The normalized spacial score (nSPS) is 15.9. The monoisotopic (exact) mass is 251 g/mol. The van der Waals surface area contributed by atoms with E-state index in [-0.39, 0.29) is 5.02 Å². The van der Waals surface area contributed by atoms with Gasteiger partial charge in [0.1, 0.15) is 5.82 Å². The zero-order valence-corrected chi connectivity index (χ0v) is 9.78. The van der Waals surface area contributed by atoms with E-state index in [1.54, 1.807) is 18.5 Å². The van der Waals surface area contributed by atoms with Gasteiger partial charge < -0.3 is 9.88 Å². The standard InChI is InChI=1S/C12H11ClFN3/c13-10-2-1-9(3-11(10)14)17-7-16-6-12(17)8-4-15-5-8/h1-3,6-8,15H,4-5H2. The molecule has 0 bridgehead atoms. The number of rotatable bonds is 2. The Morgan fingerprint density at radius 3 is 2.88 bits per heavy atom. The van der Waals surface area contributed by atoms with E-state index in [4.69, 9.17) is 11.6 Å². The third kappa shape index (κ3) is 1.83. The van der Waals surface area contributed by atoms with Gasteiger partial charge in [-0.1, -0.05) is 11.6 Å². The first-order valence-electron chi connectivity index (χ1n) is 5.44. The van der Waals surface area contributed by atoms with E-state index < -0.39 is 5.82 Å². The molecule has 1 aliphatic heterocycles. The van der Waals surface area contributed by atoms with Crippen LogP contribution in [0.2, 0.25) is 5.02 Å². The van der Waals surface area contributed by atoms with Crippen molar-refractivity contribution in [1.82, 2.24) is 14.9 Å². The lowest BCUT2D eigenvalue weighted by Gasteiger charge is -2.27. The van der Waals surface area contributed by atoms with Gasteiger partial charge in [0.05, 0.1) is 11.3 Å². The molecule has 88 valence electrons. The summed E-state index contributed by atoms with van der Waals surface area (Å²) < 4.78 is 15.3. The van der Waals surface area contributed by atoms with Crippen molar-refractivity contribution in [2.75, 3.05) is 13.1 Å². The number of aromatic nitrogens is 2. The van der Waals surface area contributed by atoms with E-state index in [1.165, 1.54) is 6.07 Å². The fraction of sp³-hybridized carbons (Fsp3) is 0.250. The summed E-state index contributed by atoms with van der Waals surface area (Å²) in [6.45, 7) is 1.89. The van der Waals surface area contributed by atoms with Crippen molar-refractivity contribution in [2.45, 2.75) is 5.92 Å². The van der Waals surface area contributed by atoms with E-state index in [9.17, 15) is 4.39 Å². The number of hydrogen-bond donors (Lipinski definition) is 1. The smallest absolute Gasteiger partial charge is 0.143 e. The highest BCUT2D eigenvalue weighted by Gasteiger charge is 2.22. The molecule has 1 aliphatic rings. The Morgan fingerprint density at radius 2 is 2.24 bits per heavy atom. The molecular formula is C12H11ClFN3. The van der Waals surface area contributed by atoms with Crippen LogP contribution in [0.4, 0.5) is 4.39 Å². The van der Waals surface area contributed by atoms with Crippen LogP contribution < -0.4 is 5.32 Å². The van der Waals surface area contributed by atoms with Crippen LogP contribution in [-0.4, -0.2) is 22.6 Å². The first kappa shape index (κ1) is 10.7. The van der Waals surface area contributed by atoms with E-state index in [1.807, 2.05) is 10.8 Å². The zero-order valence-electron chi connectivity index (χ0n) is 9.03. The van der Waals surface area contributed by atoms with Crippen molar-refractivity contribution in [3.05, 3.63) is 47.3 Å². The molecule has 0 unspecified atom stereocenters. The summed E-state index contributed by atoms with van der Waals surface area (Å²) in [5.74, 6) is 0.0480. The number of halogens is 2. The fourth-order valence-corrected chi connectivity index (χ4v) is 2.07. The number of hydrogen-bond acceptors (Lipinski definition) is 2. The van der Waals surface area contributed by atoms with Gasteiger partial charge in [0, 0.05) is 36.6 Å². The van der Waals surface area contributed by atoms with Crippen LogP contribution in [0.25, 0.3) is 5.69 Å². The average molecular weight is 252 g/mol. The predicted octanol–water partition coefficient (Wildman–Crippen LogP) is 2.35. The first-order chi connectivity index (χ1) is 8.25. The summed E-state index contributed by atoms with van der Waals surface area (Å²) in [7, 11) is 0. The van der Waals surface area contributed by atoms with Crippen LogP contribution >= 0.6 is 11.6 Å². The molecule has 1 aromatic carbocycles. The summed E-state index contributed by atoms with van der Waals surface area (Å²) in [5, 5.41) is 3.35. The molecule has 0 spiro atoms. The molecule has 1 N–H and O–H groups in total. The Kier molecular flexibility index (Phi) is 2.61. The van der Waals surface area contributed by atoms with Crippen LogP contribution in [0, 0.1) is 5.82 Å². The maximum Gasteiger partial charge on any atom is 0.143 e. The molecule has 0 atom stereocenters. The summed E-state index contributed by atoms with van der Waals surface area (Å²) in [6.07, 6.45) is 3.54. The molecule has 1 fully saturated rings. The van der Waals surface area contributed by atoms with Gasteiger partial charge in [0.25, 0.3) is 0 Å². The second-order valence-electron chi connectivity index (χ2n) is 4.14. The molecular weight excluding hydrogens is 241 g/mol. The van der Waals surface area contributed by atoms with Crippen LogP contribution in [0.15, 0.2) is 30.7 Å². The molecule has 0 amide bonds. The SMILES string of the molecule is Fc1cc(-n2cncc2C2CNC2)ccc1Cl. The zero-order chi connectivity index (χ0) is 11.8. The topological polar surface area (TPSA) is 29.9 Å². The first-order valence-corrected chi connectivity index (χ1v) is 5.82. The second kappa shape index (κ2) is 4.13. The van der Waals surface area contributed by atoms with Crippen LogP contribution in [0.3, 0.4) is 0 Å². The van der Waals surface area contributed by atoms with Crippen molar-refractivity contribution in [3.8, 4) is 5.69 Å². The minimum Gasteiger partial charge on any atom is -0.315 e. The molecule has 2 aromatic rings. The molecule has 2 heterocycles. The van der Waals surface area contributed by atoms with Gasteiger partial charge in [-0.2, -0.15) is 0 Å². The lowest BCUT2D eigenvalue weighted by molar-refractivity contribution is 0.435. The number of nitrogens with zero attached hydrogens (tertiary/aromatic N) is 2. The quantitative estimate of drug-likeness (QED) is 0.888. The fourth-order valence-electron chi connectivity index (χ4n) is 1.96. The van der Waals surface area contributed by atoms with Crippen molar-refractivity contribution < 1.29 is 4.39 Å². The highest BCUT2D eigenvalue weighted by molar-refractivity contribution is 6.30. The highest BCUT2D eigenvalue weighted by atomic mass is 35.5. The second-order valence-corrected chi connectivity index (χ2v) is 4.55.